The minimum Gasteiger partial charge on any atom is -0.394 e. The maximum Gasteiger partial charge on any atom is 0.117 e. The third kappa shape index (κ3) is 3.72. The van der Waals surface area contributed by atoms with Gasteiger partial charge in [0, 0.05) is 17.8 Å². The molecule has 158 valence electrons. The highest BCUT2D eigenvalue weighted by molar-refractivity contribution is 5.86. The molecular weight excluding hydrogens is 386 g/mol. The van der Waals surface area contributed by atoms with Crippen LogP contribution in [0.1, 0.15) is 17.2 Å². The van der Waals surface area contributed by atoms with Gasteiger partial charge in [-0.25, -0.2) is 0 Å². The summed E-state index contributed by atoms with van der Waals surface area (Å²) in [6.07, 6.45) is -4.41. The van der Waals surface area contributed by atoms with E-state index >= 15 is 0 Å². The summed E-state index contributed by atoms with van der Waals surface area (Å²) < 4.78 is 5.50. The van der Waals surface area contributed by atoms with Gasteiger partial charge in [-0.3, -0.25) is 4.98 Å². The highest BCUT2D eigenvalue weighted by atomic mass is 16.6. The van der Waals surface area contributed by atoms with Crippen LogP contribution in [-0.4, -0.2) is 67.6 Å². The molecule has 1 fully saturated rings. The van der Waals surface area contributed by atoms with Crippen LogP contribution in [0.5, 0.6) is 0 Å². The van der Waals surface area contributed by atoms with Gasteiger partial charge in [0.15, 0.2) is 0 Å². The molecule has 7 nitrogen and oxygen atoms in total. The zero-order valence-electron chi connectivity index (χ0n) is 16.5. The van der Waals surface area contributed by atoms with Crippen molar-refractivity contribution in [3.8, 4) is 11.1 Å². The second kappa shape index (κ2) is 8.39. The summed E-state index contributed by atoms with van der Waals surface area (Å²) in [5.41, 5.74) is 3.31. The summed E-state index contributed by atoms with van der Waals surface area (Å²) in [4.78, 5) is 4.12. The average Bonchev–Trinajstić information content (AvgIpc) is 2.77. The zero-order valence-corrected chi connectivity index (χ0v) is 16.5. The van der Waals surface area contributed by atoms with Gasteiger partial charge >= 0.3 is 0 Å². The van der Waals surface area contributed by atoms with E-state index in [1.165, 1.54) is 0 Å². The van der Waals surface area contributed by atoms with Crippen LogP contribution >= 0.6 is 0 Å². The molecule has 0 amide bonds. The molecule has 0 radical (unpaired) electrons. The largest absolute Gasteiger partial charge is 0.394 e. The molecule has 2 heterocycles. The summed E-state index contributed by atoms with van der Waals surface area (Å²) >= 11 is 0. The second-order valence-corrected chi connectivity index (χ2v) is 7.75. The van der Waals surface area contributed by atoms with E-state index in [0.717, 1.165) is 27.5 Å². The number of hydrogen-bond donors (Lipinski definition) is 5. The number of aryl methyl sites for hydroxylation is 1. The van der Waals surface area contributed by atoms with Gasteiger partial charge in [-0.2, -0.15) is 0 Å². The van der Waals surface area contributed by atoms with Crippen molar-refractivity contribution < 1.29 is 30.3 Å². The van der Waals surface area contributed by atoms with E-state index in [4.69, 9.17) is 4.74 Å². The molecule has 0 spiro atoms. The van der Waals surface area contributed by atoms with Crippen molar-refractivity contribution in [2.24, 2.45) is 0 Å². The van der Waals surface area contributed by atoms with E-state index in [2.05, 4.69) is 11.1 Å². The van der Waals surface area contributed by atoms with E-state index in [9.17, 15) is 25.5 Å². The van der Waals surface area contributed by atoms with Gasteiger partial charge in [-0.05, 0) is 46.7 Å². The Bertz CT molecular complexity index is 1040. The molecule has 0 aliphatic carbocycles. The number of fused-ring (bicyclic) bond motifs is 1. The summed E-state index contributed by atoms with van der Waals surface area (Å²) in [6.45, 7) is 1.31. The van der Waals surface area contributed by atoms with E-state index < -0.39 is 43.2 Å². The lowest BCUT2D eigenvalue weighted by Gasteiger charge is -2.42. The third-order valence-electron chi connectivity index (χ3n) is 5.80. The van der Waals surface area contributed by atoms with Crippen LogP contribution in [0.4, 0.5) is 0 Å². The molecule has 4 rings (SSSR count). The first-order valence-corrected chi connectivity index (χ1v) is 9.84. The van der Waals surface area contributed by atoms with Crippen LogP contribution in [0.3, 0.4) is 0 Å². The smallest absolute Gasteiger partial charge is 0.117 e. The molecular formula is C23H25NO6. The Balaban J connectivity index is 1.62. The Hall–Kier alpha value is -2.39. The molecule has 7 heteroatoms. The number of hydrogen-bond acceptors (Lipinski definition) is 7. The zero-order chi connectivity index (χ0) is 21.4. The Morgan fingerprint density at radius 1 is 0.933 bits per heavy atom. The van der Waals surface area contributed by atoms with E-state index in [-0.39, 0.29) is 0 Å². The number of rotatable bonds is 4. The highest BCUT2D eigenvalue weighted by Gasteiger charge is 2.46. The van der Waals surface area contributed by atoms with Gasteiger partial charge in [0.25, 0.3) is 0 Å². The van der Waals surface area contributed by atoms with Gasteiger partial charge in [0.05, 0.1) is 6.61 Å². The first-order valence-electron chi connectivity index (χ1n) is 9.84. The maximum absolute atomic E-state index is 10.9. The Morgan fingerprint density at radius 2 is 1.67 bits per heavy atom. The van der Waals surface area contributed by atoms with Crippen LogP contribution in [0, 0.1) is 6.92 Å². The molecule has 3 aromatic rings. The fourth-order valence-electron chi connectivity index (χ4n) is 4.02. The number of aliphatic hydroxyl groups is 5. The lowest BCUT2D eigenvalue weighted by molar-refractivity contribution is -0.250. The number of ether oxygens (including phenoxy) is 1. The van der Waals surface area contributed by atoms with Crippen LogP contribution in [-0.2, 0) is 4.74 Å². The monoisotopic (exact) mass is 411 g/mol. The lowest BCUT2D eigenvalue weighted by Crippen LogP contribution is -2.59. The quantitative estimate of drug-likeness (QED) is 0.435. The van der Waals surface area contributed by atoms with E-state index in [1.54, 1.807) is 12.3 Å². The standard InChI is InChI=1S/C23H25NO6/c1-12-8-13(14-2-3-16-10-24-7-6-15(16)9-14)4-5-17(12)19(26)23-22(29)21(28)20(27)18(11-25)30-23/h2-10,18-23,25-29H,11H2,1H3/t18?,19-,20-,21+,22?,23-/m1/s1. The van der Waals surface area contributed by atoms with Crippen LogP contribution < -0.4 is 0 Å². The molecule has 30 heavy (non-hydrogen) atoms. The first kappa shape index (κ1) is 20.9. The minimum atomic E-state index is -1.53. The highest BCUT2D eigenvalue weighted by Crippen LogP contribution is 2.33. The topological polar surface area (TPSA) is 123 Å². The maximum atomic E-state index is 10.9. The van der Waals surface area contributed by atoms with E-state index in [1.807, 2.05) is 43.5 Å². The van der Waals surface area contributed by atoms with Crippen molar-refractivity contribution in [1.29, 1.82) is 0 Å². The summed E-state index contributed by atoms with van der Waals surface area (Å²) in [5, 5.41) is 52.6. The third-order valence-corrected chi connectivity index (χ3v) is 5.80. The van der Waals surface area contributed by atoms with Crippen molar-refractivity contribution in [1.82, 2.24) is 4.98 Å². The molecule has 2 unspecified atom stereocenters. The second-order valence-electron chi connectivity index (χ2n) is 7.75. The van der Waals surface area contributed by atoms with Gasteiger partial charge in [-0.1, -0.05) is 30.3 Å². The predicted molar refractivity (Wildman–Crippen MR) is 111 cm³/mol. The molecule has 1 saturated heterocycles. The lowest BCUT2D eigenvalue weighted by atomic mass is 9.87. The molecule has 2 aromatic carbocycles. The van der Waals surface area contributed by atoms with Crippen LogP contribution in [0.2, 0.25) is 0 Å². The molecule has 1 aromatic heterocycles. The van der Waals surface area contributed by atoms with Crippen molar-refractivity contribution in [2.75, 3.05) is 6.61 Å². The van der Waals surface area contributed by atoms with Gasteiger partial charge in [0.1, 0.15) is 36.6 Å². The molecule has 0 saturated carbocycles. The number of pyridine rings is 1. The van der Waals surface area contributed by atoms with Gasteiger partial charge < -0.3 is 30.3 Å². The molecule has 1 aliphatic rings. The number of aromatic nitrogens is 1. The first-order chi connectivity index (χ1) is 14.4. The normalized spacial score (nSPS) is 27.9. The molecule has 1 aliphatic heterocycles. The molecule has 6 atom stereocenters. The van der Waals surface area contributed by atoms with E-state index in [0.29, 0.717) is 5.56 Å². The number of benzene rings is 2. The molecule has 5 N–H and O–H groups in total. The van der Waals surface area contributed by atoms with Crippen molar-refractivity contribution in [3.05, 3.63) is 66.0 Å². The van der Waals surface area contributed by atoms with Crippen molar-refractivity contribution in [2.45, 2.75) is 43.5 Å². The van der Waals surface area contributed by atoms with Gasteiger partial charge in [-0.15, -0.1) is 0 Å². The molecule has 0 bridgehead atoms. The summed E-state index contributed by atoms with van der Waals surface area (Å²) in [5.74, 6) is 0. The van der Waals surface area contributed by atoms with Gasteiger partial charge in [0.2, 0.25) is 0 Å². The summed E-state index contributed by atoms with van der Waals surface area (Å²) in [7, 11) is 0. The Labute approximate surface area is 173 Å². The van der Waals surface area contributed by atoms with Crippen LogP contribution in [0.15, 0.2) is 54.9 Å². The fourth-order valence-corrected chi connectivity index (χ4v) is 4.02. The van der Waals surface area contributed by atoms with Crippen LogP contribution in [0.25, 0.3) is 21.9 Å². The number of nitrogens with zero attached hydrogens (tertiary/aromatic N) is 1. The number of aliphatic hydroxyl groups excluding tert-OH is 5. The Kier molecular flexibility index (Phi) is 5.84. The van der Waals surface area contributed by atoms with Crippen molar-refractivity contribution in [3.63, 3.8) is 0 Å². The minimum absolute atomic E-state index is 0.535. The average molecular weight is 411 g/mol. The predicted octanol–water partition coefficient (Wildman–Crippen LogP) is 1.09. The van der Waals surface area contributed by atoms with Crippen molar-refractivity contribution >= 4 is 10.8 Å². The summed E-state index contributed by atoms with van der Waals surface area (Å²) in [6, 6.07) is 13.6. The SMILES string of the molecule is Cc1cc(-c2ccc3cnccc3c2)ccc1[C@@H](O)[C@H]1OC(CO)[C@@H](O)[C@H](O)C1O. The Morgan fingerprint density at radius 3 is 2.40 bits per heavy atom. The fraction of sp³-hybridized carbons (Fsp3) is 0.348.